The second kappa shape index (κ2) is 5.63. The quantitative estimate of drug-likeness (QED) is 0.815. The lowest BCUT2D eigenvalue weighted by atomic mass is 9.57. The van der Waals surface area contributed by atoms with Gasteiger partial charge in [0.25, 0.3) is 0 Å². The van der Waals surface area contributed by atoms with Gasteiger partial charge in [0.05, 0.1) is 0 Å². The highest BCUT2D eigenvalue weighted by molar-refractivity contribution is 5.27. The Kier molecular flexibility index (Phi) is 4.16. The van der Waals surface area contributed by atoms with Crippen molar-refractivity contribution in [2.24, 2.45) is 5.92 Å². The van der Waals surface area contributed by atoms with Crippen LogP contribution in [0.25, 0.3) is 0 Å². The number of hydrogen-bond acceptors (Lipinski definition) is 2. The molecule has 0 bridgehead atoms. The Labute approximate surface area is 105 Å². The largest absolute Gasteiger partial charge is 0.316 e. The zero-order valence-corrected chi connectivity index (χ0v) is 11.1. The molecule has 2 heteroatoms. The predicted octanol–water partition coefficient (Wildman–Crippen LogP) is 3.14. The highest BCUT2D eigenvalue weighted by Crippen LogP contribution is 2.49. The maximum atomic E-state index is 4.13. The van der Waals surface area contributed by atoms with Gasteiger partial charge in [0.1, 0.15) is 0 Å². The van der Waals surface area contributed by atoms with E-state index in [1.165, 1.54) is 31.2 Å². The van der Waals surface area contributed by atoms with Crippen molar-refractivity contribution in [2.45, 2.75) is 44.9 Å². The van der Waals surface area contributed by atoms with Crippen molar-refractivity contribution >= 4 is 0 Å². The molecule has 1 N–H and O–H groups in total. The Hall–Kier alpha value is -0.890. The molecular weight excluding hydrogens is 208 g/mol. The molecule has 17 heavy (non-hydrogen) atoms. The van der Waals surface area contributed by atoms with Gasteiger partial charge >= 0.3 is 0 Å². The molecule has 0 amide bonds. The van der Waals surface area contributed by atoms with E-state index in [0.717, 1.165) is 19.0 Å². The summed E-state index contributed by atoms with van der Waals surface area (Å²) in [7, 11) is 0. The minimum atomic E-state index is 0.388. The fourth-order valence-corrected chi connectivity index (χ4v) is 3.21. The summed E-state index contributed by atoms with van der Waals surface area (Å²) in [6.45, 7) is 6.65. The minimum Gasteiger partial charge on any atom is -0.316 e. The zero-order chi connectivity index (χ0) is 12.1. The number of aromatic nitrogens is 1. The average Bonchev–Trinajstić information content (AvgIpc) is 2.33. The summed E-state index contributed by atoms with van der Waals surface area (Å²) in [5.74, 6) is 0.937. The lowest BCUT2D eigenvalue weighted by molar-refractivity contribution is 0.129. The monoisotopic (exact) mass is 232 g/mol. The van der Waals surface area contributed by atoms with Gasteiger partial charge in [-0.25, -0.2) is 0 Å². The van der Waals surface area contributed by atoms with Crippen molar-refractivity contribution in [1.82, 2.24) is 10.3 Å². The lowest BCUT2D eigenvalue weighted by Crippen LogP contribution is -2.48. The van der Waals surface area contributed by atoms with Gasteiger partial charge in [-0.05, 0) is 43.0 Å². The number of nitrogens with zero attached hydrogens (tertiary/aromatic N) is 1. The van der Waals surface area contributed by atoms with Crippen molar-refractivity contribution in [3.05, 3.63) is 30.1 Å². The van der Waals surface area contributed by atoms with E-state index in [-0.39, 0.29) is 0 Å². The van der Waals surface area contributed by atoms with E-state index < -0.39 is 0 Å². The highest BCUT2D eigenvalue weighted by Gasteiger charge is 2.44. The molecule has 2 rings (SSSR count). The van der Waals surface area contributed by atoms with E-state index in [9.17, 15) is 0 Å². The molecule has 94 valence electrons. The van der Waals surface area contributed by atoms with Crippen molar-refractivity contribution in [2.75, 3.05) is 13.1 Å². The van der Waals surface area contributed by atoms with E-state index in [2.05, 4.69) is 36.3 Å². The molecule has 1 aromatic heterocycles. The topological polar surface area (TPSA) is 24.9 Å². The first-order valence-corrected chi connectivity index (χ1v) is 6.92. The SMILES string of the molecule is CCCC1CC(CNCC)(c2ccncc2)C1. The predicted molar refractivity (Wildman–Crippen MR) is 72.1 cm³/mol. The Morgan fingerprint density at radius 3 is 2.59 bits per heavy atom. The van der Waals surface area contributed by atoms with Crippen LogP contribution in [0.5, 0.6) is 0 Å². The summed E-state index contributed by atoms with van der Waals surface area (Å²) >= 11 is 0. The van der Waals surface area contributed by atoms with Crippen LogP contribution in [0, 0.1) is 5.92 Å². The van der Waals surface area contributed by atoms with Gasteiger partial charge in [0, 0.05) is 24.4 Å². The van der Waals surface area contributed by atoms with Crippen LogP contribution in [0.4, 0.5) is 0 Å². The molecule has 1 aliphatic carbocycles. The molecule has 0 spiro atoms. The maximum absolute atomic E-state index is 4.13. The first kappa shape index (κ1) is 12.6. The van der Waals surface area contributed by atoms with Gasteiger partial charge in [-0.3, -0.25) is 4.98 Å². The third-order valence-electron chi connectivity index (χ3n) is 4.06. The first-order valence-electron chi connectivity index (χ1n) is 6.92. The third-order valence-corrected chi connectivity index (χ3v) is 4.06. The maximum Gasteiger partial charge on any atom is 0.0270 e. The van der Waals surface area contributed by atoms with Crippen molar-refractivity contribution in [1.29, 1.82) is 0 Å². The van der Waals surface area contributed by atoms with Gasteiger partial charge in [-0.15, -0.1) is 0 Å². The molecular formula is C15H24N2. The molecule has 0 atom stereocenters. The van der Waals surface area contributed by atoms with Crippen LogP contribution in [-0.4, -0.2) is 18.1 Å². The van der Waals surface area contributed by atoms with Crippen LogP contribution in [0.15, 0.2) is 24.5 Å². The van der Waals surface area contributed by atoms with Crippen molar-refractivity contribution in [3.63, 3.8) is 0 Å². The van der Waals surface area contributed by atoms with Crippen LogP contribution in [0.2, 0.25) is 0 Å². The second-order valence-electron chi connectivity index (χ2n) is 5.36. The standard InChI is InChI=1S/C15H24N2/c1-3-5-13-10-15(11-13,12-16-4-2)14-6-8-17-9-7-14/h6-9,13,16H,3-5,10-12H2,1-2H3. The van der Waals surface area contributed by atoms with Gasteiger partial charge in [0.15, 0.2) is 0 Å². The molecule has 1 heterocycles. The van der Waals surface area contributed by atoms with Crippen LogP contribution in [0.1, 0.15) is 45.1 Å². The molecule has 1 fully saturated rings. The summed E-state index contributed by atoms with van der Waals surface area (Å²) in [6, 6.07) is 4.39. The Morgan fingerprint density at radius 2 is 2.00 bits per heavy atom. The average molecular weight is 232 g/mol. The number of pyridine rings is 1. The van der Waals surface area contributed by atoms with Crippen LogP contribution in [-0.2, 0) is 5.41 Å². The van der Waals surface area contributed by atoms with Gasteiger partial charge in [-0.1, -0.05) is 26.7 Å². The number of likely N-dealkylation sites (N-methyl/N-ethyl adjacent to an activating group) is 1. The second-order valence-corrected chi connectivity index (χ2v) is 5.36. The van der Waals surface area contributed by atoms with Crippen molar-refractivity contribution in [3.8, 4) is 0 Å². The number of nitrogens with one attached hydrogen (secondary N) is 1. The lowest BCUT2D eigenvalue weighted by Gasteiger charge is -2.48. The number of rotatable bonds is 6. The summed E-state index contributed by atoms with van der Waals surface area (Å²) in [5, 5.41) is 3.53. The molecule has 0 aliphatic heterocycles. The zero-order valence-electron chi connectivity index (χ0n) is 11.1. The van der Waals surface area contributed by atoms with Gasteiger partial charge < -0.3 is 5.32 Å². The summed E-state index contributed by atoms with van der Waals surface area (Å²) in [6.07, 6.45) is 9.25. The first-order chi connectivity index (χ1) is 8.30. The van der Waals surface area contributed by atoms with E-state index in [1.807, 2.05) is 12.4 Å². The fraction of sp³-hybridized carbons (Fsp3) is 0.667. The smallest absolute Gasteiger partial charge is 0.0270 e. The summed E-state index contributed by atoms with van der Waals surface area (Å²) in [5.41, 5.74) is 1.86. The Balaban J connectivity index is 2.05. The van der Waals surface area contributed by atoms with E-state index >= 15 is 0 Å². The van der Waals surface area contributed by atoms with Crippen LogP contribution >= 0.6 is 0 Å². The van der Waals surface area contributed by atoms with Gasteiger partial charge in [-0.2, -0.15) is 0 Å². The van der Waals surface area contributed by atoms with Crippen LogP contribution in [0.3, 0.4) is 0 Å². The Bertz CT molecular complexity index is 328. The number of hydrogen-bond donors (Lipinski definition) is 1. The van der Waals surface area contributed by atoms with Gasteiger partial charge in [0.2, 0.25) is 0 Å². The molecule has 2 nitrogen and oxygen atoms in total. The summed E-state index contributed by atoms with van der Waals surface area (Å²) < 4.78 is 0. The molecule has 1 aromatic rings. The summed E-state index contributed by atoms with van der Waals surface area (Å²) in [4.78, 5) is 4.13. The minimum absolute atomic E-state index is 0.388. The molecule has 0 radical (unpaired) electrons. The van der Waals surface area contributed by atoms with E-state index in [1.54, 1.807) is 0 Å². The van der Waals surface area contributed by atoms with Crippen LogP contribution < -0.4 is 5.32 Å². The molecule has 0 aromatic carbocycles. The molecule has 0 unspecified atom stereocenters. The van der Waals surface area contributed by atoms with E-state index in [0.29, 0.717) is 5.41 Å². The highest BCUT2D eigenvalue weighted by atomic mass is 14.9. The third kappa shape index (κ3) is 2.68. The molecule has 1 aliphatic rings. The molecule has 1 saturated carbocycles. The fourth-order valence-electron chi connectivity index (χ4n) is 3.21. The van der Waals surface area contributed by atoms with E-state index in [4.69, 9.17) is 0 Å². The Morgan fingerprint density at radius 1 is 1.29 bits per heavy atom. The normalized spacial score (nSPS) is 27.8. The molecule has 0 saturated heterocycles. The van der Waals surface area contributed by atoms with Crippen molar-refractivity contribution < 1.29 is 0 Å².